The fraction of sp³-hybridized carbons (Fsp3) is 0.833. The highest BCUT2D eigenvalue weighted by Gasteiger charge is 2.62. The van der Waals surface area contributed by atoms with Crippen molar-refractivity contribution in [3.05, 3.63) is 0 Å². The monoisotopic (exact) mass is 210 g/mol. The minimum Gasteiger partial charge on any atom is -0.456 e. The third-order valence-electron chi connectivity index (χ3n) is 5.07. The lowest BCUT2D eigenvalue weighted by atomic mass is 9.70. The highest BCUT2D eigenvalue weighted by Crippen LogP contribution is 2.66. The van der Waals surface area contributed by atoms with Crippen LogP contribution < -0.4 is 0 Å². The van der Waals surface area contributed by atoms with Gasteiger partial charge in [0.25, 0.3) is 0 Å². The zero-order valence-electron chi connectivity index (χ0n) is 9.58. The molecule has 84 valence electrons. The SMILES string of the molecule is CC1(C)C2CCC1(C)C(OC(=O)C=O)C2. The predicted octanol–water partition coefficient (Wildman–Crippen LogP) is 1.94. The highest BCUT2D eigenvalue weighted by molar-refractivity contribution is 6.20. The second-order valence-corrected chi connectivity index (χ2v) is 5.65. The molecular formula is C12H18O3. The molecule has 2 fully saturated rings. The summed E-state index contributed by atoms with van der Waals surface area (Å²) in [6.07, 6.45) is 3.44. The minimum absolute atomic E-state index is 0.0519. The van der Waals surface area contributed by atoms with Gasteiger partial charge in [-0.05, 0) is 30.6 Å². The van der Waals surface area contributed by atoms with Gasteiger partial charge < -0.3 is 4.74 Å². The van der Waals surface area contributed by atoms with Crippen LogP contribution in [-0.2, 0) is 14.3 Å². The Hall–Kier alpha value is -0.860. The van der Waals surface area contributed by atoms with Crippen LogP contribution in [0.25, 0.3) is 0 Å². The maximum Gasteiger partial charge on any atom is 0.371 e. The largest absolute Gasteiger partial charge is 0.456 e. The maximum atomic E-state index is 11.0. The molecule has 0 aliphatic heterocycles. The van der Waals surface area contributed by atoms with Crippen molar-refractivity contribution in [3.63, 3.8) is 0 Å². The molecule has 0 saturated heterocycles. The second-order valence-electron chi connectivity index (χ2n) is 5.65. The fourth-order valence-electron chi connectivity index (χ4n) is 3.48. The van der Waals surface area contributed by atoms with Crippen molar-refractivity contribution < 1.29 is 14.3 Å². The Morgan fingerprint density at radius 3 is 2.47 bits per heavy atom. The summed E-state index contributed by atoms with van der Waals surface area (Å²) in [6.45, 7) is 6.68. The Kier molecular flexibility index (Phi) is 2.18. The normalized spacial score (nSPS) is 41.5. The van der Waals surface area contributed by atoms with Crippen LogP contribution in [0.2, 0.25) is 0 Å². The van der Waals surface area contributed by atoms with E-state index >= 15 is 0 Å². The first-order chi connectivity index (χ1) is 6.91. The molecule has 0 aromatic carbocycles. The summed E-state index contributed by atoms with van der Waals surface area (Å²) in [5.41, 5.74) is 0.275. The van der Waals surface area contributed by atoms with Crippen LogP contribution in [0, 0.1) is 16.7 Å². The molecule has 2 aliphatic carbocycles. The molecule has 3 heteroatoms. The van der Waals surface area contributed by atoms with Crippen LogP contribution in [0.3, 0.4) is 0 Å². The van der Waals surface area contributed by atoms with Gasteiger partial charge in [0.15, 0.2) is 0 Å². The summed E-state index contributed by atoms with van der Waals surface area (Å²) in [4.78, 5) is 21.3. The molecule has 3 unspecified atom stereocenters. The molecule has 0 heterocycles. The van der Waals surface area contributed by atoms with Gasteiger partial charge in [0.05, 0.1) is 0 Å². The Bertz CT molecular complexity index is 308. The summed E-state index contributed by atoms with van der Waals surface area (Å²) < 4.78 is 5.23. The Morgan fingerprint density at radius 2 is 2.07 bits per heavy atom. The van der Waals surface area contributed by atoms with Gasteiger partial charge in [0.2, 0.25) is 6.29 Å². The van der Waals surface area contributed by atoms with E-state index in [1.165, 1.54) is 6.42 Å². The fourth-order valence-corrected chi connectivity index (χ4v) is 3.48. The number of esters is 1. The van der Waals surface area contributed by atoms with Crippen LogP contribution in [-0.4, -0.2) is 18.4 Å². The van der Waals surface area contributed by atoms with E-state index in [9.17, 15) is 9.59 Å². The molecule has 2 saturated carbocycles. The topological polar surface area (TPSA) is 43.4 Å². The molecule has 0 aromatic rings. The number of aldehydes is 1. The molecule has 0 N–H and O–H groups in total. The van der Waals surface area contributed by atoms with Gasteiger partial charge in [0.1, 0.15) is 6.10 Å². The van der Waals surface area contributed by atoms with E-state index in [0.717, 1.165) is 12.8 Å². The summed E-state index contributed by atoms with van der Waals surface area (Å²) in [5.74, 6) is -0.0865. The Labute approximate surface area is 90.2 Å². The van der Waals surface area contributed by atoms with Crippen molar-refractivity contribution in [2.45, 2.75) is 46.1 Å². The highest BCUT2D eigenvalue weighted by atomic mass is 16.5. The number of hydrogen-bond donors (Lipinski definition) is 0. The lowest BCUT2D eigenvalue weighted by molar-refractivity contribution is -0.159. The molecule has 0 amide bonds. The van der Waals surface area contributed by atoms with Crippen molar-refractivity contribution in [2.24, 2.45) is 16.7 Å². The van der Waals surface area contributed by atoms with Gasteiger partial charge in [-0.2, -0.15) is 0 Å². The van der Waals surface area contributed by atoms with Gasteiger partial charge in [-0.3, -0.25) is 4.79 Å². The van der Waals surface area contributed by atoms with Gasteiger partial charge >= 0.3 is 5.97 Å². The predicted molar refractivity (Wildman–Crippen MR) is 55.2 cm³/mol. The number of carbonyl (C=O) groups is 2. The summed E-state index contributed by atoms with van der Waals surface area (Å²) in [7, 11) is 0. The molecule has 0 aromatic heterocycles. The third kappa shape index (κ3) is 1.25. The van der Waals surface area contributed by atoms with E-state index in [1.54, 1.807) is 0 Å². The quantitative estimate of drug-likeness (QED) is 0.397. The van der Waals surface area contributed by atoms with Crippen LogP contribution >= 0.6 is 0 Å². The molecular weight excluding hydrogens is 192 g/mol. The van der Waals surface area contributed by atoms with Crippen molar-refractivity contribution in [1.82, 2.24) is 0 Å². The summed E-state index contributed by atoms with van der Waals surface area (Å²) in [6, 6.07) is 0. The first kappa shape index (κ1) is 10.7. The summed E-state index contributed by atoms with van der Waals surface area (Å²) in [5, 5.41) is 0. The van der Waals surface area contributed by atoms with E-state index in [2.05, 4.69) is 20.8 Å². The standard InChI is InChI=1S/C12H18O3/c1-11(2)8-4-5-12(11,3)9(6-8)15-10(14)7-13/h7-9H,4-6H2,1-3H3. The number of ether oxygens (including phenoxy) is 1. The number of fused-ring (bicyclic) bond motifs is 2. The van der Waals surface area contributed by atoms with Gasteiger partial charge in [-0.1, -0.05) is 20.8 Å². The Morgan fingerprint density at radius 1 is 1.40 bits per heavy atom. The van der Waals surface area contributed by atoms with E-state index < -0.39 is 5.97 Å². The molecule has 15 heavy (non-hydrogen) atoms. The van der Waals surface area contributed by atoms with E-state index in [-0.39, 0.29) is 23.2 Å². The lowest BCUT2D eigenvalue weighted by Crippen LogP contribution is -2.38. The van der Waals surface area contributed by atoms with Crippen LogP contribution in [0.5, 0.6) is 0 Å². The average molecular weight is 210 g/mol. The Balaban J connectivity index is 2.19. The molecule has 0 radical (unpaired) electrons. The van der Waals surface area contributed by atoms with Crippen molar-refractivity contribution >= 4 is 12.3 Å². The smallest absolute Gasteiger partial charge is 0.371 e. The van der Waals surface area contributed by atoms with Crippen LogP contribution in [0.15, 0.2) is 0 Å². The zero-order valence-corrected chi connectivity index (χ0v) is 9.58. The molecule has 2 aliphatic rings. The number of carbonyl (C=O) groups excluding carboxylic acids is 2. The van der Waals surface area contributed by atoms with Crippen molar-refractivity contribution in [3.8, 4) is 0 Å². The van der Waals surface area contributed by atoms with Crippen molar-refractivity contribution in [1.29, 1.82) is 0 Å². The average Bonchev–Trinajstić information content (AvgIpc) is 2.50. The maximum absolute atomic E-state index is 11.0. The second kappa shape index (κ2) is 3.06. The van der Waals surface area contributed by atoms with Gasteiger partial charge in [0, 0.05) is 5.41 Å². The van der Waals surface area contributed by atoms with E-state index in [0.29, 0.717) is 5.92 Å². The molecule has 2 rings (SSSR count). The molecule has 0 spiro atoms. The van der Waals surface area contributed by atoms with E-state index in [4.69, 9.17) is 4.74 Å². The molecule has 3 atom stereocenters. The van der Waals surface area contributed by atoms with Crippen molar-refractivity contribution in [2.75, 3.05) is 0 Å². The van der Waals surface area contributed by atoms with Crippen LogP contribution in [0.4, 0.5) is 0 Å². The summed E-state index contributed by atoms with van der Waals surface area (Å²) >= 11 is 0. The zero-order chi connectivity index (χ0) is 11.3. The minimum atomic E-state index is -0.718. The van der Waals surface area contributed by atoms with Crippen LogP contribution in [0.1, 0.15) is 40.0 Å². The third-order valence-corrected chi connectivity index (χ3v) is 5.07. The first-order valence-electron chi connectivity index (χ1n) is 5.57. The van der Waals surface area contributed by atoms with E-state index in [1.807, 2.05) is 0 Å². The number of rotatable bonds is 2. The first-order valence-corrected chi connectivity index (χ1v) is 5.57. The molecule has 2 bridgehead atoms. The van der Waals surface area contributed by atoms with Gasteiger partial charge in [-0.25, -0.2) is 4.79 Å². The number of hydrogen-bond acceptors (Lipinski definition) is 3. The lowest BCUT2D eigenvalue weighted by Gasteiger charge is -2.38. The van der Waals surface area contributed by atoms with Gasteiger partial charge in [-0.15, -0.1) is 0 Å². The molecule has 3 nitrogen and oxygen atoms in total.